The van der Waals surface area contributed by atoms with Crippen LogP contribution in [0.2, 0.25) is 0 Å². The predicted octanol–water partition coefficient (Wildman–Crippen LogP) is 1.54. The van der Waals surface area contributed by atoms with Crippen LogP contribution in [-0.4, -0.2) is 60.1 Å². The first kappa shape index (κ1) is 14.2. The fourth-order valence-corrected chi connectivity index (χ4v) is 2.01. The summed E-state index contributed by atoms with van der Waals surface area (Å²) in [6.07, 6.45) is 1.45. The van der Waals surface area contributed by atoms with Crippen molar-refractivity contribution in [1.29, 1.82) is 0 Å². The van der Waals surface area contributed by atoms with Crippen molar-refractivity contribution < 1.29 is 18.7 Å². The van der Waals surface area contributed by atoms with Crippen molar-refractivity contribution in [3.05, 3.63) is 0 Å². The standard InChI is InChI=1S/C11H20F2N2O2/c12-10(13)9-15(7-8-16)11(17)14-5-3-1-2-4-6-14/h10,16H,1-9H2. The summed E-state index contributed by atoms with van der Waals surface area (Å²) in [5.74, 6) is 0. The molecular formula is C11H20F2N2O2. The Morgan fingerprint density at radius 2 is 1.82 bits per heavy atom. The SMILES string of the molecule is O=C(N1CCCCCC1)N(CCO)CC(F)F. The van der Waals surface area contributed by atoms with Crippen molar-refractivity contribution in [3.63, 3.8) is 0 Å². The average molecular weight is 250 g/mol. The largest absolute Gasteiger partial charge is 0.395 e. The van der Waals surface area contributed by atoms with Gasteiger partial charge in [0.25, 0.3) is 6.43 Å². The first-order valence-electron chi connectivity index (χ1n) is 6.08. The molecule has 0 aliphatic carbocycles. The van der Waals surface area contributed by atoms with E-state index >= 15 is 0 Å². The first-order valence-corrected chi connectivity index (χ1v) is 6.08. The molecule has 0 radical (unpaired) electrons. The maximum absolute atomic E-state index is 12.3. The predicted molar refractivity (Wildman–Crippen MR) is 60.1 cm³/mol. The normalized spacial score (nSPS) is 17.1. The summed E-state index contributed by atoms with van der Waals surface area (Å²) in [4.78, 5) is 14.6. The monoisotopic (exact) mass is 250 g/mol. The molecule has 6 heteroatoms. The number of rotatable bonds is 4. The summed E-state index contributed by atoms with van der Waals surface area (Å²) in [7, 11) is 0. The average Bonchev–Trinajstić information content (AvgIpc) is 2.55. The van der Waals surface area contributed by atoms with Crippen LogP contribution in [-0.2, 0) is 0 Å². The van der Waals surface area contributed by atoms with Crippen LogP contribution in [0.3, 0.4) is 0 Å². The maximum atomic E-state index is 12.3. The zero-order valence-corrected chi connectivity index (χ0v) is 9.95. The van der Waals surface area contributed by atoms with Gasteiger partial charge in [0, 0.05) is 19.6 Å². The van der Waals surface area contributed by atoms with E-state index in [2.05, 4.69) is 0 Å². The Balaban J connectivity index is 2.54. The van der Waals surface area contributed by atoms with Gasteiger partial charge in [-0.15, -0.1) is 0 Å². The Bertz CT molecular complexity index is 232. The van der Waals surface area contributed by atoms with Crippen LogP contribution in [0.5, 0.6) is 0 Å². The molecule has 1 rings (SSSR count). The van der Waals surface area contributed by atoms with Gasteiger partial charge in [-0.05, 0) is 12.8 Å². The highest BCUT2D eigenvalue weighted by atomic mass is 19.3. The van der Waals surface area contributed by atoms with Gasteiger partial charge in [-0.1, -0.05) is 12.8 Å². The molecular weight excluding hydrogens is 230 g/mol. The molecule has 1 fully saturated rings. The molecule has 0 aromatic carbocycles. The molecule has 0 bridgehead atoms. The van der Waals surface area contributed by atoms with Gasteiger partial charge in [0.05, 0.1) is 13.2 Å². The molecule has 0 unspecified atom stereocenters. The number of urea groups is 1. The summed E-state index contributed by atoms with van der Waals surface area (Å²) in [5.41, 5.74) is 0. The number of hydrogen-bond acceptors (Lipinski definition) is 2. The van der Waals surface area contributed by atoms with Crippen molar-refractivity contribution in [1.82, 2.24) is 9.80 Å². The summed E-state index contributed by atoms with van der Waals surface area (Å²) in [6.45, 7) is 0.343. The van der Waals surface area contributed by atoms with Crippen LogP contribution in [0.4, 0.5) is 13.6 Å². The second-order valence-corrected chi connectivity index (χ2v) is 4.24. The van der Waals surface area contributed by atoms with E-state index in [0.29, 0.717) is 13.1 Å². The number of carbonyl (C=O) groups excluding carboxylic acids is 1. The highest BCUT2D eigenvalue weighted by molar-refractivity contribution is 5.74. The molecule has 1 aliphatic heterocycles. The van der Waals surface area contributed by atoms with Crippen molar-refractivity contribution in [2.24, 2.45) is 0 Å². The highest BCUT2D eigenvalue weighted by Crippen LogP contribution is 2.12. The van der Waals surface area contributed by atoms with Crippen LogP contribution in [0, 0.1) is 0 Å². The third-order valence-electron chi connectivity index (χ3n) is 2.88. The lowest BCUT2D eigenvalue weighted by Gasteiger charge is -2.29. The van der Waals surface area contributed by atoms with E-state index < -0.39 is 13.0 Å². The lowest BCUT2D eigenvalue weighted by Crippen LogP contribution is -2.46. The minimum atomic E-state index is -2.56. The second kappa shape index (κ2) is 7.42. The third-order valence-corrected chi connectivity index (χ3v) is 2.88. The Hall–Kier alpha value is -0.910. The number of alkyl halides is 2. The first-order chi connectivity index (χ1) is 8.15. The van der Waals surface area contributed by atoms with Gasteiger partial charge in [-0.25, -0.2) is 13.6 Å². The van der Waals surface area contributed by atoms with Gasteiger partial charge in [-0.3, -0.25) is 0 Å². The van der Waals surface area contributed by atoms with Gasteiger partial charge in [0.15, 0.2) is 0 Å². The van der Waals surface area contributed by atoms with E-state index in [-0.39, 0.29) is 19.2 Å². The van der Waals surface area contributed by atoms with Gasteiger partial charge in [-0.2, -0.15) is 0 Å². The second-order valence-electron chi connectivity index (χ2n) is 4.24. The van der Waals surface area contributed by atoms with E-state index in [4.69, 9.17) is 5.11 Å². The number of carbonyl (C=O) groups is 1. The molecule has 1 aliphatic rings. The molecule has 100 valence electrons. The number of nitrogens with zero attached hydrogens (tertiary/aromatic N) is 2. The summed E-state index contributed by atoms with van der Waals surface area (Å²) >= 11 is 0. The highest BCUT2D eigenvalue weighted by Gasteiger charge is 2.23. The van der Waals surface area contributed by atoms with Crippen LogP contribution >= 0.6 is 0 Å². The molecule has 4 nitrogen and oxygen atoms in total. The zero-order valence-electron chi connectivity index (χ0n) is 9.95. The maximum Gasteiger partial charge on any atom is 0.320 e. The minimum Gasteiger partial charge on any atom is -0.395 e. The Labute approximate surface area is 100 Å². The molecule has 17 heavy (non-hydrogen) atoms. The fourth-order valence-electron chi connectivity index (χ4n) is 2.01. The molecule has 0 aromatic rings. The number of aliphatic hydroxyl groups excluding tert-OH is 1. The smallest absolute Gasteiger partial charge is 0.320 e. The molecule has 0 atom stereocenters. The molecule has 1 saturated heterocycles. The van der Waals surface area contributed by atoms with Crippen LogP contribution in [0.1, 0.15) is 25.7 Å². The number of halogens is 2. The molecule has 1 N–H and O–H groups in total. The molecule has 1 heterocycles. The molecule has 0 aromatic heterocycles. The number of hydrogen-bond donors (Lipinski definition) is 1. The molecule has 0 saturated carbocycles. The summed E-state index contributed by atoms with van der Waals surface area (Å²) < 4.78 is 24.6. The zero-order chi connectivity index (χ0) is 12.7. The third kappa shape index (κ3) is 4.85. The number of aliphatic hydroxyl groups is 1. The van der Waals surface area contributed by atoms with E-state index in [1.807, 2.05) is 0 Å². The molecule has 0 spiro atoms. The summed E-state index contributed by atoms with van der Waals surface area (Å²) in [6, 6.07) is -0.374. The summed E-state index contributed by atoms with van der Waals surface area (Å²) in [5, 5.41) is 8.80. The lowest BCUT2D eigenvalue weighted by atomic mass is 10.2. The molecule has 2 amide bonds. The number of likely N-dealkylation sites (tertiary alicyclic amines) is 1. The van der Waals surface area contributed by atoms with E-state index in [1.54, 1.807) is 4.90 Å². The van der Waals surface area contributed by atoms with E-state index in [9.17, 15) is 13.6 Å². The van der Waals surface area contributed by atoms with E-state index in [0.717, 1.165) is 30.6 Å². The minimum absolute atomic E-state index is 0.0281. The van der Waals surface area contributed by atoms with Gasteiger partial charge in [0.2, 0.25) is 0 Å². The number of amides is 2. The van der Waals surface area contributed by atoms with Crippen molar-refractivity contribution >= 4 is 6.03 Å². The van der Waals surface area contributed by atoms with E-state index in [1.165, 1.54) is 0 Å². The van der Waals surface area contributed by atoms with Crippen molar-refractivity contribution in [3.8, 4) is 0 Å². The lowest BCUT2D eigenvalue weighted by molar-refractivity contribution is 0.0773. The van der Waals surface area contributed by atoms with Crippen molar-refractivity contribution in [2.75, 3.05) is 32.8 Å². The fraction of sp³-hybridized carbons (Fsp3) is 0.909. The quantitative estimate of drug-likeness (QED) is 0.822. The van der Waals surface area contributed by atoms with Crippen LogP contribution < -0.4 is 0 Å². The van der Waals surface area contributed by atoms with Crippen LogP contribution in [0.15, 0.2) is 0 Å². The topological polar surface area (TPSA) is 43.8 Å². The Morgan fingerprint density at radius 3 is 2.29 bits per heavy atom. The van der Waals surface area contributed by atoms with Crippen molar-refractivity contribution in [2.45, 2.75) is 32.1 Å². The van der Waals surface area contributed by atoms with Gasteiger partial charge >= 0.3 is 6.03 Å². The van der Waals surface area contributed by atoms with Gasteiger partial charge in [0.1, 0.15) is 0 Å². The Morgan fingerprint density at radius 1 is 1.24 bits per heavy atom. The van der Waals surface area contributed by atoms with Gasteiger partial charge < -0.3 is 14.9 Å². The van der Waals surface area contributed by atoms with Crippen LogP contribution in [0.25, 0.3) is 0 Å². The Kier molecular flexibility index (Phi) is 6.18.